The van der Waals surface area contributed by atoms with Crippen LogP contribution in [0.25, 0.3) is 0 Å². The highest BCUT2D eigenvalue weighted by Crippen LogP contribution is 2.29. The maximum atomic E-state index is 13.1. The van der Waals surface area contributed by atoms with Crippen molar-refractivity contribution in [3.8, 4) is 0 Å². The molecular formula is C18H14Cl2FN3O3. The number of benzene rings is 2. The molecule has 0 aromatic heterocycles. The molecule has 3 rings (SSSR count). The van der Waals surface area contributed by atoms with Crippen molar-refractivity contribution in [3.05, 3.63) is 63.9 Å². The molecule has 1 aliphatic rings. The Hall–Kier alpha value is -2.64. The summed E-state index contributed by atoms with van der Waals surface area (Å²) in [5.41, 5.74) is -0.718. The minimum Gasteiger partial charge on any atom is -0.323 e. The molecule has 9 heteroatoms. The van der Waals surface area contributed by atoms with Crippen molar-refractivity contribution in [1.82, 2.24) is 10.2 Å². The molecular weight excluding hydrogens is 396 g/mol. The summed E-state index contributed by atoms with van der Waals surface area (Å²) in [5.74, 6) is -1.70. The third-order valence-electron chi connectivity index (χ3n) is 4.20. The number of hydrogen-bond acceptors (Lipinski definition) is 3. The molecule has 2 aromatic rings. The molecule has 2 N–H and O–H groups in total. The fourth-order valence-electron chi connectivity index (χ4n) is 2.75. The molecule has 6 nitrogen and oxygen atoms in total. The highest BCUT2D eigenvalue weighted by Gasteiger charge is 2.49. The maximum absolute atomic E-state index is 13.1. The van der Waals surface area contributed by atoms with Gasteiger partial charge in [0.2, 0.25) is 5.91 Å². The summed E-state index contributed by atoms with van der Waals surface area (Å²) in [6.07, 6.45) is 0. The predicted molar refractivity (Wildman–Crippen MR) is 99.1 cm³/mol. The summed E-state index contributed by atoms with van der Waals surface area (Å²) in [7, 11) is 0. The van der Waals surface area contributed by atoms with Crippen LogP contribution in [-0.4, -0.2) is 29.3 Å². The van der Waals surface area contributed by atoms with Gasteiger partial charge in [-0.3, -0.25) is 14.5 Å². The molecule has 1 fully saturated rings. The molecule has 1 atom stereocenters. The molecule has 2 aromatic carbocycles. The topological polar surface area (TPSA) is 78.5 Å². The Kier molecular flexibility index (Phi) is 5.08. The lowest BCUT2D eigenvalue weighted by molar-refractivity contribution is -0.133. The van der Waals surface area contributed by atoms with E-state index in [4.69, 9.17) is 23.2 Å². The zero-order valence-corrected chi connectivity index (χ0v) is 15.6. The van der Waals surface area contributed by atoms with Crippen LogP contribution in [0.4, 0.5) is 14.9 Å². The number of anilines is 1. The van der Waals surface area contributed by atoms with Crippen molar-refractivity contribution >= 4 is 46.7 Å². The van der Waals surface area contributed by atoms with Crippen LogP contribution < -0.4 is 10.6 Å². The van der Waals surface area contributed by atoms with Gasteiger partial charge < -0.3 is 10.6 Å². The Balaban J connectivity index is 1.76. The molecule has 1 heterocycles. The summed E-state index contributed by atoms with van der Waals surface area (Å²) in [6.45, 7) is 0.983. The first-order valence-corrected chi connectivity index (χ1v) is 8.61. The number of imide groups is 1. The summed E-state index contributed by atoms with van der Waals surface area (Å²) >= 11 is 11.9. The van der Waals surface area contributed by atoms with E-state index in [2.05, 4.69) is 10.6 Å². The molecule has 0 bridgehead atoms. The molecule has 0 aliphatic carbocycles. The van der Waals surface area contributed by atoms with E-state index in [1.54, 1.807) is 6.07 Å². The van der Waals surface area contributed by atoms with Crippen LogP contribution in [0.3, 0.4) is 0 Å². The van der Waals surface area contributed by atoms with Gasteiger partial charge in [0.1, 0.15) is 17.9 Å². The number of amides is 4. The van der Waals surface area contributed by atoms with Crippen LogP contribution in [0.1, 0.15) is 12.5 Å². The molecule has 4 amide bonds. The third-order valence-corrected chi connectivity index (χ3v) is 4.77. The number of carbonyl (C=O) groups is 3. The Morgan fingerprint density at radius 2 is 1.85 bits per heavy atom. The van der Waals surface area contributed by atoms with Gasteiger partial charge in [-0.2, -0.15) is 0 Å². The SMILES string of the molecule is CC1(c2ccc(F)cc2)NC(=O)N(CC(=O)Nc2cc(Cl)ccc2Cl)C1=O. The average molecular weight is 410 g/mol. The minimum absolute atomic E-state index is 0.265. The number of nitrogens with one attached hydrogen (secondary N) is 2. The predicted octanol–water partition coefficient (Wildman–Crippen LogP) is 3.54. The number of urea groups is 1. The first-order valence-electron chi connectivity index (χ1n) is 7.86. The molecule has 0 saturated carbocycles. The van der Waals surface area contributed by atoms with Crippen LogP contribution >= 0.6 is 23.2 Å². The average Bonchev–Trinajstić information content (AvgIpc) is 2.83. The highest BCUT2D eigenvalue weighted by atomic mass is 35.5. The summed E-state index contributed by atoms with van der Waals surface area (Å²) in [6, 6.07) is 9.00. The lowest BCUT2D eigenvalue weighted by Crippen LogP contribution is -2.42. The Morgan fingerprint density at radius 1 is 1.19 bits per heavy atom. The van der Waals surface area contributed by atoms with Gasteiger partial charge in [0.25, 0.3) is 5.91 Å². The van der Waals surface area contributed by atoms with E-state index in [1.165, 1.54) is 43.3 Å². The maximum Gasteiger partial charge on any atom is 0.325 e. The lowest BCUT2D eigenvalue weighted by atomic mass is 9.92. The fourth-order valence-corrected chi connectivity index (χ4v) is 3.08. The van der Waals surface area contributed by atoms with E-state index in [1.807, 2.05) is 0 Å². The van der Waals surface area contributed by atoms with Gasteiger partial charge in [0, 0.05) is 5.02 Å². The second-order valence-corrected chi connectivity index (χ2v) is 6.97. The highest BCUT2D eigenvalue weighted by molar-refractivity contribution is 6.35. The third kappa shape index (κ3) is 3.74. The van der Waals surface area contributed by atoms with Gasteiger partial charge in [-0.1, -0.05) is 35.3 Å². The van der Waals surface area contributed by atoms with E-state index in [9.17, 15) is 18.8 Å². The molecule has 1 aliphatic heterocycles. The van der Waals surface area contributed by atoms with Crippen molar-refractivity contribution in [3.63, 3.8) is 0 Å². The van der Waals surface area contributed by atoms with Crippen molar-refractivity contribution in [2.75, 3.05) is 11.9 Å². The summed E-state index contributed by atoms with van der Waals surface area (Å²) in [4.78, 5) is 38.1. The van der Waals surface area contributed by atoms with Gasteiger partial charge in [0.15, 0.2) is 0 Å². The van der Waals surface area contributed by atoms with Gasteiger partial charge >= 0.3 is 6.03 Å². The van der Waals surface area contributed by atoms with E-state index in [0.29, 0.717) is 10.6 Å². The molecule has 0 radical (unpaired) electrons. The van der Waals surface area contributed by atoms with Crippen molar-refractivity contribution in [2.45, 2.75) is 12.5 Å². The first kappa shape index (κ1) is 19.1. The second kappa shape index (κ2) is 7.17. The van der Waals surface area contributed by atoms with Gasteiger partial charge in [-0.05, 0) is 42.8 Å². The Morgan fingerprint density at radius 3 is 2.52 bits per heavy atom. The molecule has 0 spiro atoms. The van der Waals surface area contributed by atoms with Crippen LogP contribution in [0, 0.1) is 5.82 Å². The zero-order chi connectivity index (χ0) is 19.8. The number of hydrogen-bond donors (Lipinski definition) is 2. The van der Waals surface area contributed by atoms with Crippen LogP contribution in [0.2, 0.25) is 10.0 Å². The van der Waals surface area contributed by atoms with E-state index in [0.717, 1.165) is 4.90 Å². The fraction of sp³-hybridized carbons (Fsp3) is 0.167. The van der Waals surface area contributed by atoms with E-state index in [-0.39, 0.29) is 10.7 Å². The second-order valence-electron chi connectivity index (χ2n) is 6.13. The molecule has 1 saturated heterocycles. The van der Waals surface area contributed by atoms with Crippen molar-refractivity contribution < 1.29 is 18.8 Å². The number of nitrogens with zero attached hydrogens (tertiary/aromatic N) is 1. The van der Waals surface area contributed by atoms with Crippen molar-refractivity contribution in [1.29, 1.82) is 0 Å². The quantitative estimate of drug-likeness (QED) is 0.757. The number of carbonyl (C=O) groups excluding carboxylic acids is 3. The Labute approximate surface area is 164 Å². The molecule has 27 heavy (non-hydrogen) atoms. The van der Waals surface area contributed by atoms with Crippen LogP contribution in [0.5, 0.6) is 0 Å². The number of halogens is 3. The largest absolute Gasteiger partial charge is 0.325 e. The zero-order valence-electron chi connectivity index (χ0n) is 14.1. The standard InChI is InChI=1S/C18H14Cl2FN3O3/c1-18(10-2-5-12(21)6-3-10)16(26)24(17(27)23-18)9-15(25)22-14-8-11(19)4-7-13(14)20/h2-8H,9H2,1H3,(H,22,25)(H,23,27). The van der Waals surface area contributed by atoms with Crippen LogP contribution in [0.15, 0.2) is 42.5 Å². The summed E-state index contributed by atoms with van der Waals surface area (Å²) in [5, 5.41) is 5.69. The van der Waals surface area contributed by atoms with E-state index < -0.39 is 35.7 Å². The van der Waals surface area contributed by atoms with Crippen LogP contribution in [-0.2, 0) is 15.1 Å². The van der Waals surface area contributed by atoms with Gasteiger partial charge in [-0.15, -0.1) is 0 Å². The van der Waals surface area contributed by atoms with Crippen molar-refractivity contribution in [2.24, 2.45) is 0 Å². The molecule has 140 valence electrons. The van der Waals surface area contributed by atoms with E-state index >= 15 is 0 Å². The number of rotatable bonds is 4. The molecule has 1 unspecified atom stereocenters. The first-order chi connectivity index (χ1) is 12.7. The van der Waals surface area contributed by atoms with Gasteiger partial charge in [0.05, 0.1) is 10.7 Å². The normalized spacial score (nSPS) is 19.2. The van der Waals surface area contributed by atoms with Gasteiger partial charge in [-0.25, -0.2) is 9.18 Å². The summed E-state index contributed by atoms with van der Waals surface area (Å²) < 4.78 is 13.1. The minimum atomic E-state index is -1.39. The Bertz CT molecular complexity index is 936. The lowest BCUT2D eigenvalue weighted by Gasteiger charge is -2.22. The monoisotopic (exact) mass is 409 g/mol. The smallest absolute Gasteiger partial charge is 0.323 e.